The van der Waals surface area contributed by atoms with Crippen molar-refractivity contribution >= 4 is 38.8 Å². The molecule has 0 spiro atoms. The molecule has 238 valence electrons. The highest BCUT2D eigenvalue weighted by Crippen LogP contribution is 2.52. The number of aromatic nitrogens is 2. The lowest BCUT2D eigenvalue weighted by Gasteiger charge is -2.31. The number of cyclic esters (lactones) is 1. The molecule has 0 fully saturated rings. The Bertz CT molecular complexity index is 2370. The number of ether oxygens (including phenoxy) is 2. The number of carbonyl (C=O) groups excluding carboxylic acids is 1. The maximum atomic E-state index is 14.1. The number of esters is 1. The number of hydrogen-bond donors (Lipinski definition) is 0. The molecule has 1 atom stereocenters. The lowest BCUT2D eigenvalue weighted by molar-refractivity contribution is 0.0221. The van der Waals surface area contributed by atoms with Crippen molar-refractivity contribution in [3.05, 3.63) is 143 Å². The first kappa shape index (κ1) is 29.8. The normalized spacial score (nSPS) is 15.6. The largest absolute Gasteiger partial charge is 0.493 e. The number of pyridine rings is 2. The number of rotatable bonds is 8. The number of para-hydroxylation sites is 1. The second kappa shape index (κ2) is 11.6. The van der Waals surface area contributed by atoms with E-state index in [1.807, 2.05) is 49.5 Å². The monoisotopic (exact) mass is 631 g/mol. The van der Waals surface area contributed by atoms with Gasteiger partial charge in [0.2, 0.25) is 5.60 Å². The van der Waals surface area contributed by atoms with Gasteiger partial charge in [-0.2, -0.15) is 0 Å². The molecule has 0 amide bonds. The molecule has 1 aliphatic heterocycles. The molecule has 1 unspecified atom stereocenters. The van der Waals surface area contributed by atoms with Crippen molar-refractivity contribution in [3.8, 4) is 16.9 Å². The fraction of sp³-hybridized carbons (Fsp3) is 0.190. The number of hydrogen-bond acceptors (Lipinski definition) is 5. The number of carbonyl (C=O) groups is 1. The lowest BCUT2D eigenvalue weighted by Crippen LogP contribution is -2.33. The predicted octanol–water partition coefficient (Wildman–Crippen LogP) is 9.32. The molecule has 4 aromatic carbocycles. The molecule has 48 heavy (non-hydrogen) atoms. The van der Waals surface area contributed by atoms with Gasteiger partial charge in [0.25, 0.3) is 0 Å². The standard InChI is InChI=1S/C42H37N3O3/c1-5-44(6-2)30-20-22-35(38(25-30)47-7-3)42(40-34(41(46)48-42)24-29-15-9-11-17-36(29)43-40)39-26-33(37-18-12-13-23-45(37)39)32-21-19-28-14-8-10-16-31(28)27(32)4/h8-26H,5-7H2,1-4H3. The molecule has 1 aliphatic rings. The summed E-state index contributed by atoms with van der Waals surface area (Å²) in [4.78, 5) is 21.6. The fourth-order valence-electron chi connectivity index (χ4n) is 7.50. The summed E-state index contributed by atoms with van der Waals surface area (Å²) in [5.41, 5.74) is 7.36. The summed E-state index contributed by atoms with van der Waals surface area (Å²) >= 11 is 0. The van der Waals surface area contributed by atoms with Crippen LogP contribution >= 0.6 is 0 Å². The zero-order valence-electron chi connectivity index (χ0n) is 27.7. The van der Waals surface area contributed by atoms with Crippen LogP contribution in [0.5, 0.6) is 5.75 Å². The Morgan fingerprint density at radius 2 is 1.56 bits per heavy atom. The van der Waals surface area contributed by atoms with E-state index < -0.39 is 11.6 Å². The molecule has 6 nitrogen and oxygen atoms in total. The Kier molecular flexibility index (Phi) is 7.17. The minimum Gasteiger partial charge on any atom is -0.493 e. The van der Waals surface area contributed by atoms with E-state index in [1.54, 1.807) is 0 Å². The Balaban J connectivity index is 1.48. The average Bonchev–Trinajstić information content (AvgIpc) is 3.64. The molecule has 0 aliphatic carbocycles. The zero-order chi connectivity index (χ0) is 33.0. The predicted molar refractivity (Wildman–Crippen MR) is 193 cm³/mol. The minimum absolute atomic E-state index is 0.409. The van der Waals surface area contributed by atoms with Crippen molar-refractivity contribution in [2.75, 3.05) is 24.6 Å². The van der Waals surface area contributed by atoms with Crippen molar-refractivity contribution in [1.82, 2.24) is 9.38 Å². The van der Waals surface area contributed by atoms with Crippen LogP contribution in [0.2, 0.25) is 0 Å². The molecular weight excluding hydrogens is 594 g/mol. The molecular formula is C42H37N3O3. The van der Waals surface area contributed by atoms with Gasteiger partial charge in [-0.1, -0.05) is 60.7 Å². The Labute approximate surface area is 280 Å². The van der Waals surface area contributed by atoms with Crippen molar-refractivity contribution < 1.29 is 14.3 Å². The third kappa shape index (κ3) is 4.39. The molecule has 8 rings (SSSR count). The van der Waals surface area contributed by atoms with Gasteiger partial charge >= 0.3 is 5.97 Å². The van der Waals surface area contributed by atoms with Crippen LogP contribution in [0.1, 0.15) is 53.6 Å². The third-order valence-electron chi connectivity index (χ3n) is 9.82. The summed E-state index contributed by atoms with van der Waals surface area (Å²) < 4.78 is 15.3. The average molecular weight is 632 g/mol. The molecule has 0 radical (unpaired) electrons. The van der Waals surface area contributed by atoms with Gasteiger partial charge in [-0.25, -0.2) is 9.78 Å². The first-order chi connectivity index (χ1) is 23.5. The van der Waals surface area contributed by atoms with Crippen LogP contribution in [-0.2, 0) is 10.3 Å². The molecule has 0 saturated heterocycles. The summed E-state index contributed by atoms with van der Waals surface area (Å²) in [5.74, 6) is 0.250. The van der Waals surface area contributed by atoms with Crippen LogP contribution in [0.4, 0.5) is 5.69 Å². The van der Waals surface area contributed by atoms with Crippen LogP contribution < -0.4 is 9.64 Å². The number of fused-ring (bicyclic) bond motifs is 4. The number of benzene rings is 4. The van der Waals surface area contributed by atoms with Gasteiger partial charge in [0.05, 0.1) is 34.5 Å². The third-order valence-corrected chi connectivity index (χ3v) is 9.82. The van der Waals surface area contributed by atoms with Gasteiger partial charge in [-0.05, 0) is 92.1 Å². The summed E-state index contributed by atoms with van der Waals surface area (Å²) in [6, 6.07) is 37.3. The SMILES string of the molecule is CCOc1cc(N(CC)CC)ccc1C1(c2cc(-c3ccc4ccccc4c3C)c3ccccn23)OC(=O)c2cc3ccccc3nc21. The summed E-state index contributed by atoms with van der Waals surface area (Å²) in [6.07, 6.45) is 2.05. The summed E-state index contributed by atoms with van der Waals surface area (Å²) in [5, 5.41) is 3.29. The van der Waals surface area contributed by atoms with E-state index in [0.717, 1.165) is 57.6 Å². The smallest absolute Gasteiger partial charge is 0.341 e. The van der Waals surface area contributed by atoms with E-state index >= 15 is 0 Å². The van der Waals surface area contributed by atoms with Crippen LogP contribution in [0, 0.1) is 6.92 Å². The number of aryl methyl sites for hydroxylation is 1. The van der Waals surface area contributed by atoms with Crippen molar-refractivity contribution in [2.45, 2.75) is 33.3 Å². The van der Waals surface area contributed by atoms with Crippen LogP contribution in [-0.4, -0.2) is 35.1 Å². The van der Waals surface area contributed by atoms with Gasteiger partial charge in [0.1, 0.15) is 11.4 Å². The number of nitrogens with zero attached hydrogens (tertiary/aromatic N) is 3. The molecule has 4 heterocycles. The highest BCUT2D eigenvalue weighted by Gasteiger charge is 2.54. The van der Waals surface area contributed by atoms with E-state index in [4.69, 9.17) is 14.5 Å². The quantitative estimate of drug-likeness (QED) is 0.157. The molecule has 0 saturated carbocycles. The fourth-order valence-corrected chi connectivity index (χ4v) is 7.50. The van der Waals surface area contributed by atoms with E-state index in [9.17, 15) is 4.79 Å². The zero-order valence-corrected chi connectivity index (χ0v) is 27.7. The second-order valence-corrected chi connectivity index (χ2v) is 12.3. The Hall–Kier alpha value is -5.62. The highest BCUT2D eigenvalue weighted by molar-refractivity contribution is 6.00. The first-order valence-corrected chi connectivity index (χ1v) is 16.7. The van der Waals surface area contributed by atoms with E-state index in [-0.39, 0.29) is 0 Å². The maximum absolute atomic E-state index is 14.1. The van der Waals surface area contributed by atoms with Gasteiger partial charge < -0.3 is 18.8 Å². The highest BCUT2D eigenvalue weighted by atomic mass is 16.6. The van der Waals surface area contributed by atoms with Crippen LogP contribution in [0.3, 0.4) is 0 Å². The van der Waals surface area contributed by atoms with Crippen molar-refractivity contribution in [3.63, 3.8) is 0 Å². The summed E-state index contributed by atoms with van der Waals surface area (Å²) in [7, 11) is 0. The molecule has 6 heteroatoms. The van der Waals surface area contributed by atoms with Crippen LogP contribution in [0.25, 0.3) is 38.3 Å². The van der Waals surface area contributed by atoms with Crippen LogP contribution in [0.15, 0.2) is 115 Å². The van der Waals surface area contributed by atoms with Gasteiger partial charge in [0.15, 0.2) is 0 Å². The molecule has 7 aromatic rings. The van der Waals surface area contributed by atoms with Gasteiger partial charge in [0, 0.05) is 42.0 Å². The van der Waals surface area contributed by atoms with Crippen molar-refractivity contribution in [1.29, 1.82) is 0 Å². The number of anilines is 1. The second-order valence-electron chi connectivity index (χ2n) is 12.3. The van der Waals surface area contributed by atoms with E-state index in [2.05, 4.69) is 103 Å². The Morgan fingerprint density at radius 1 is 0.792 bits per heavy atom. The van der Waals surface area contributed by atoms with Gasteiger partial charge in [-0.15, -0.1) is 0 Å². The first-order valence-electron chi connectivity index (χ1n) is 16.7. The van der Waals surface area contributed by atoms with E-state index in [0.29, 0.717) is 23.6 Å². The molecule has 0 N–H and O–H groups in total. The van der Waals surface area contributed by atoms with E-state index in [1.165, 1.54) is 16.3 Å². The van der Waals surface area contributed by atoms with Gasteiger partial charge in [-0.3, -0.25) is 0 Å². The van der Waals surface area contributed by atoms with Crippen molar-refractivity contribution in [2.24, 2.45) is 0 Å². The topological polar surface area (TPSA) is 56.1 Å². The maximum Gasteiger partial charge on any atom is 0.341 e. The molecule has 3 aromatic heterocycles. The molecule has 0 bridgehead atoms. The lowest BCUT2D eigenvalue weighted by atomic mass is 9.84. The Morgan fingerprint density at radius 3 is 2.38 bits per heavy atom. The summed E-state index contributed by atoms with van der Waals surface area (Å²) in [6.45, 7) is 10.6. The minimum atomic E-state index is -1.39.